The molecule has 19 heavy (non-hydrogen) atoms. The van der Waals surface area contributed by atoms with Gasteiger partial charge in [-0.1, -0.05) is 60.2 Å². The Labute approximate surface area is 137 Å². The van der Waals surface area contributed by atoms with Gasteiger partial charge in [-0.2, -0.15) is 0 Å². The molecule has 1 aliphatic rings. The van der Waals surface area contributed by atoms with Gasteiger partial charge in [-0.15, -0.1) is 0 Å². The first kappa shape index (κ1) is 15.4. The summed E-state index contributed by atoms with van der Waals surface area (Å²) < 4.78 is 0. The second-order valence-electron chi connectivity index (χ2n) is 4.28. The van der Waals surface area contributed by atoms with Gasteiger partial charge in [-0.3, -0.25) is 0 Å². The van der Waals surface area contributed by atoms with Gasteiger partial charge in [-0.05, 0) is 29.2 Å². The van der Waals surface area contributed by atoms with Crippen LogP contribution in [-0.4, -0.2) is 0 Å². The van der Waals surface area contributed by atoms with Crippen LogP contribution in [0.3, 0.4) is 0 Å². The fraction of sp³-hybridized carbons (Fsp3) is 0.0625. The first-order chi connectivity index (χ1) is 9.26. The number of halogens is 2. The molecule has 2 aromatic carbocycles. The Bertz CT molecular complexity index is 577. The van der Waals surface area contributed by atoms with Gasteiger partial charge in [0, 0.05) is 6.42 Å². The molecule has 0 spiro atoms. The van der Waals surface area contributed by atoms with Crippen molar-refractivity contribution in [2.24, 2.45) is 0 Å². The SMILES string of the molecule is CC1=Cc2c(cccc2-c2ccccc2)[CH]1.[Br][Zr][Br]. The van der Waals surface area contributed by atoms with Crippen LogP contribution in [0, 0.1) is 6.42 Å². The maximum atomic E-state index is 3.23. The average Bonchev–Trinajstić information content (AvgIpc) is 2.80. The van der Waals surface area contributed by atoms with Crippen LogP contribution in [0.2, 0.25) is 0 Å². The minimum atomic E-state index is -0.145. The van der Waals surface area contributed by atoms with Crippen LogP contribution in [0.1, 0.15) is 18.1 Å². The van der Waals surface area contributed by atoms with E-state index in [4.69, 9.17) is 0 Å². The standard InChI is InChI=1S/C16H13.2BrH.Zr/c1-12-10-14-8-5-9-15(16(14)11-12)13-6-3-2-4-7-13;;;/h2-11H,1H3;2*1H;/q;;;+2/p-2. The quantitative estimate of drug-likeness (QED) is 0.493. The summed E-state index contributed by atoms with van der Waals surface area (Å²) >= 11 is 6.32. The fourth-order valence-corrected chi connectivity index (χ4v) is 2.25. The summed E-state index contributed by atoms with van der Waals surface area (Å²) in [5.41, 5.74) is 6.63. The monoisotopic (exact) mass is 453 g/mol. The molecule has 0 nitrogen and oxygen atoms in total. The second kappa shape index (κ2) is 7.71. The molecule has 0 N–H and O–H groups in total. The molecule has 0 amide bonds. The molecule has 0 bridgehead atoms. The van der Waals surface area contributed by atoms with Crippen molar-refractivity contribution in [2.75, 3.05) is 0 Å². The number of hydrogen-bond acceptors (Lipinski definition) is 0. The van der Waals surface area contributed by atoms with Crippen molar-refractivity contribution in [2.45, 2.75) is 6.92 Å². The second-order valence-corrected chi connectivity index (χ2v) is 15.6. The predicted molar refractivity (Wildman–Crippen MR) is 86.8 cm³/mol. The van der Waals surface area contributed by atoms with Crippen molar-refractivity contribution in [1.29, 1.82) is 0 Å². The summed E-state index contributed by atoms with van der Waals surface area (Å²) in [6, 6.07) is 17.1. The molecule has 0 heterocycles. The molecule has 1 aliphatic carbocycles. The van der Waals surface area contributed by atoms with Crippen LogP contribution >= 0.6 is 24.4 Å². The first-order valence-corrected chi connectivity index (χ1v) is 17.2. The zero-order valence-electron chi connectivity index (χ0n) is 10.5. The van der Waals surface area contributed by atoms with Gasteiger partial charge in [0.05, 0.1) is 0 Å². The number of benzene rings is 2. The van der Waals surface area contributed by atoms with E-state index in [0.717, 1.165) is 0 Å². The van der Waals surface area contributed by atoms with E-state index < -0.39 is 0 Å². The van der Waals surface area contributed by atoms with Crippen molar-refractivity contribution in [3.63, 3.8) is 0 Å². The van der Waals surface area contributed by atoms with E-state index in [1.54, 1.807) is 0 Å². The summed E-state index contributed by atoms with van der Waals surface area (Å²) in [6.45, 7) is 2.15. The van der Waals surface area contributed by atoms with Gasteiger partial charge in [-0.25, -0.2) is 0 Å². The number of allylic oxidation sites excluding steroid dienone is 1. The third kappa shape index (κ3) is 4.00. The molecule has 0 saturated heterocycles. The molecule has 0 unspecified atom stereocenters. The molecule has 95 valence electrons. The Morgan fingerprint density at radius 1 is 0.895 bits per heavy atom. The Kier molecular flexibility index (Phi) is 6.26. The molecule has 3 heteroatoms. The maximum absolute atomic E-state index is 3.23. The van der Waals surface area contributed by atoms with Crippen molar-refractivity contribution >= 4 is 30.5 Å². The zero-order valence-corrected chi connectivity index (χ0v) is 16.2. The van der Waals surface area contributed by atoms with Crippen molar-refractivity contribution in [1.82, 2.24) is 0 Å². The van der Waals surface area contributed by atoms with Gasteiger partial charge in [0.15, 0.2) is 0 Å². The van der Waals surface area contributed by atoms with Gasteiger partial charge < -0.3 is 0 Å². The molecular weight excluding hydrogens is 443 g/mol. The summed E-state index contributed by atoms with van der Waals surface area (Å²) in [7, 11) is 0. The van der Waals surface area contributed by atoms with E-state index >= 15 is 0 Å². The van der Waals surface area contributed by atoms with Crippen LogP contribution in [0.4, 0.5) is 0 Å². The Balaban J connectivity index is 0.000000408. The van der Waals surface area contributed by atoms with Crippen LogP contribution in [-0.2, 0) is 18.5 Å². The minimum absolute atomic E-state index is 0.145. The van der Waals surface area contributed by atoms with E-state index in [9.17, 15) is 0 Å². The first-order valence-electron chi connectivity index (χ1n) is 5.94. The normalized spacial score (nSPS) is 12.1. The fourth-order valence-electron chi connectivity index (χ4n) is 2.25. The molecule has 0 aromatic heterocycles. The Morgan fingerprint density at radius 3 is 2.26 bits per heavy atom. The topological polar surface area (TPSA) is 0 Å². The predicted octanol–water partition coefficient (Wildman–Crippen LogP) is 6.01. The van der Waals surface area contributed by atoms with Gasteiger partial charge in [0.2, 0.25) is 0 Å². The molecule has 0 aliphatic heterocycles. The summed E-state index contributed by atoms with van der Waals surface area (Å²) in [4.78, 5) is 0. The number of rotatable bonds is 1. The van der Waals surface area contributed by atoms with Crippen molar-refractivity contribution in [3.8, 4) is 11.1 Å². The van der Waals surface area contributed by atoms with E-state index in [1.165, 1.54) is 27.8 Å². The summed E-state index contributed by atoms with van der Waals surface area (Å²) in [6.07, 6.45) is 4.50. The van der Waals surface area contributed by atoms with Crippen LogP contribution in [0.15, 0.2) is 54.1 Å². The summed E-state index contributed by atoms with van der Waals surface area (Å²) in [5, 5.41) is 0. The van der Waals surface area contributed by atoms with Crippen LogP contribution in [0.5, 0.6) is 0 Å². The summed E-state index contributed by atoms with van der Waals surface area (Å²) in [5.74, 6) is 0. The third-order valence-electron chi connectivity index (χ3n) is 2.98. The van der Waals surface area contributed by atoms with Gasteiger partial charge in [0.25, 0.3) is 0 Å². The average molecular weight is 456 g/mol. The number of hydrogen-bond donors (Lipinski definition) is 0. The molecule has 2 aromatic rings. The van der Waals surface area contributed by atoms with Crippen molar-refractivity contribution < 1.29 is 18.5 Å². The number of fused-ring (bicyclic) bond motifs is 1. The molecular formula is C16H13Br2Zr. The van der Waals surface area contributed by atoms with E-state index in [-0.39, 0.29) is 18.5 Å². The Hall–Kier alpha value is 0.0231. The van der Waals surface area contributed by atoms with Crippen LogP contribution < -0.4 is 0 Å². The zero-order chi connectivity index (χ0) is 13.7. The van der Waals surface area contributed by atoms with Gasteiger partial charge in [0.1, 0.15) is 0 Å². The molecule has 0 atom stereocenters. The van der Waals surface area contributed by atoms with E-state index in [1.807, 2.05) is 0 Å². The van der Waals surface area contributed by atoms with Crippen LogP contribution in [0.25, 0.3) is 17.2 Å². The Morgan fingerprint density at radius 2 is 1.58 bits per heavy atom. The molecule has 3 rings (SSSR count). The third-order valence-corrected chi connectivity index (χ3v) is 2.98. The molecule has 0 fully saturated rings. The van der Waals surface area contributed by atoms with E-state index in [2.05, 4.69) is 92.4 Å². The van der Waals surface area contributed by atoms with Gasteiger partial charge >= 0.3 is 43.0 Å². The van der Waals surface area contributed by atoms with Crippen molar-refractivity contribution in [3.05, 3.63) is 71.7 Å². The van der Waals surface area contributed by atoms with E-state index in [0.29, 0.717) is 0 Å². The molecule has 0 saturated carbocycles. The molecule has 1 radical (unpaired) electrons.